The third-order valence-corrected chi connectivity index (χ3v) is 15.4. The Hall–Kier alpha value is -7.50. The summed E-state index contributed by atoms with van der Waals surface area (Å²) in [6, 6.07) is 17.6. The first-order chi connectivity index (χ1) is 39.6. The summed E-state index contributed by atoms with van der Waals surface area (Å²) >= 11 is 0. The molecular formula is C66H90N6O12. The van der Waals surface area contributed by atoms with Gasteiger partial charge in [-0.25, -0.2) is 19.2 Å². The molecule has 2 aromatic heterocycles. The molecular weight excluding hydrogens is 1070 g/mol. The molecule has 18 nitrogen and oxygen atoms in total. The Labute approximate surface area is 497 Å². The van der Waals surface area contributed by atoms with Crippen molar-refractivity contribution >= 4 is 47.5 Å². The second-order valence-corrected chi connectivity index (χ2v) is 24.3. The molecule has 0 spiro atoms. The molecule has 2 aromatic carbocycles. The second kappa shape index (κ2) is 30.9. The molecule has 0 unspecified atom stereocenters. The molecule has 1 saturated heterocycles. The number of likely N-dealkylation sites (N-methyl/N-ethyl adjacent to an activating group) is 4. The van der Waals surface area contributed by atoms with Crippen molar-refractivity contribution in [1.82, 2.24) is 29.6 Å². The smallest absolute Gasteiger partial charge is 0.329 e. The van der Waals surface area contributed by atoms with Crippen molar-refractivity contribution in [1.29, 1.82) is 0 Å². The van der Waals surface area contributed by atoms with E-state index in [1.54, 1.807) is 12.4 Å². The number of aryl methyl sites for hydroxylation is 2. The van der Waals surface area contributed by atoms with E-state index < -0.39 is 96.1 Å². The van der Waals surface area contributed by atoms with Crippen molar-refractivity contribution < 1.29 is 57.3 Å². The predicted molar refractivity (Wildman–Crippen MR) is 319 cm³/mol. The van der Waals surface area contributed by atoms with Gasteiger partial charge >= 0.3 is 23.9 Å². The fourth-order valence-electron chi connectivity index (χ4n) is 10.3. The minimum atomic E-state index is -1.53. The summed E-state index contributed by atoms with van der Waals surface area (Å²) in [6.45, 7) is 21.5. The van der Waals surface area contributed by atoms with Crippen LogP contribution in [-0.2, 0) is 83.0 Å². The number of aromatic nitrogens is 2. The number of esters is 4. The summed E-state index contributed by atoms with van der Waals surface area (Å²) in [5.41, 5.74) is 7.07. The van der Waals surface area contributed by atoms with Gasteiger partial charge in [-0.05, 0) is 135 Å². The Kier molecular flexibility index (Phi) is 24.7. The number of benzene rings is 2. The normalized spacial score (nSPS) is 22.6. The Morgan fingerprint density at radius 1 is 0.393 bits per heavy atom. The van der Waals surface area contributed by atoms with Crippen LogP contribution in [0.2, 0.25) is 0 Å². The quantitative estimate of drug-likeness (QED) is 0.0764. The molecule has 0 N–H and O–H groups in total. The SMILES string of the molecule is Cc1ncccc1Cc1ccc(C[C@H]2OC(=O)[C@H](CC(C)C)N(C)C(=O)[C@@H](C)OC(=O)[C@H](CC(C)C)N(C)C(=O)[C@@H](Cc3ccc(Cc4cccnc4C)cc3)OC(=O)[C@H](CC(C)C)N(C)C(=O)[C@@H](C)OC(=O)[C@H](CC(C)C)N(C)C2=O)cc1. The molecule has 8 atom stereocenters. The minimum absolute atomic E-state index is 0.0852. The number of ether oxygens (including phenoxy) is 4. The lowest BCUT2D eigenvalue weighted by molar-refractivity contribution is -0.176. The maximum atomic E-state index is 15.1. The van der Waals surface area contributed by atoms with Gasteiger partial charge in [-0.15, -0.1) is 0 Å². The van der Waals surface area contributed by atoms with Crippen molar-refractivity contribution in [3.05, 3.63) is 130 Å². The van der Waals surface area contributed by atoms with E-state index in [-0.39, 0.29) is 62.2 Å². The number of nitrogens with zero attached hydrogens (tertiary/aromatic N) is 6. The van der Waals surface area contributed by atoms with Crippen molar-refractivity contribution in [2.45, 2.75) is 183 Å². The molecule has 0 saturated carbocycles. The standard InChI is InChI=1S/C66H90N6O12/c1-39(2)31-53-63(77)81-45(11)59(73)69(13)56(34-42(7)8)66(80)84-58(38-50-27-23-48(24-28-50)36-52-20-18-30-68-44(52)10)62(76)72(16)54(32-40(3)4)64(78)82-46(12)60(74)70(14)55(33-41(5)6)65(79)83-57(61(75)71(53)15)37-49-25-21-47(22-26-49)35-51-19-17-29-67-43(51)9/h17-30,39-42,45-46,53-58H,31-38H2,1-16H3/t45-,46-,53+,54+,55+,56+,57-,58-/m1/s1. The molecule has 4 amide bonds. The lowest BCUT2D eigenvalue weighted by Gasteiger charge is -2.35. The van der Waals surface area contributed by atoms with Crippen molar-refractivity contribution in [2.75, 3.05) is 28.2 Å². The third-order valence-electron chi connectivity index (χ3n) is 15.4. The predicted octanol–water partition coefficient (Wildman–Crippen LogP) is 8.25. The first-order valence-corrected chi connectivity index (χ1v) is 29.4. The maximum Gasteiger partial charge on any atom is 0.329 e. The number of carbonyl (C=O) groups excluding carboxylic acids is 8. The van der Waals surface area contributed by atoms with Crippen LogP contribution in [-0.4, -0.2) is 154 Å². The highest BCUT2D eigenvalue weighted by molar-refractivity contribution is 5.94. The Bertz CT molecular complexity index is 2700. The highest BCUT2D eigenvalue weighted by Crippen LogP contribution is 2.25. The number of amides is 4. The third kappa shape index (κ3) is 18.8. The van der Waals surface area contributed by atoms with E-state index in [9.17, 15) is 28.8 Å². The van der Waals surface area contributed by atoms with Crippen LogP contribution in [0.3, 0.4) is 0 Å². The molecule has 18 heteroatoms. The van der Waals surface area contributed by atoms with Gasteiger partial charge in [0.2, 0.25) is 0 Å². The summed E-state index contributed by atoms with van der Waals surface area (Å²) < 4.78 is 24.3. The monoisotopic (exact) mass is 1160 g/mol. The molecule has 0 aliphatic carbocycles. The van der Waals surface area contributed by atoms with Crippen molar-refractivity contribution in [3.63, 3.8) is 0 Å². The number of carbonyl (C=O) groups is 8. The molecule has 1 aliphatic heterocycles. The highest BCUT2D eigenvalue weighted by atomic mass is 16.6. The molecule has 4 aromatic rings. The van der Waals surface area contributed by atoms with Crippen LogP contribution in [0, 0.1) is 37.5 Å². The maximum absolute atomic E-state index is 15.1. The molecule has 3 heterocycles. The van der Waals surface area contributed by atoms with Crippen LogP contribution in [0.4, 0.5) is 0 Å². The number of pyridine rings is 2. The van der Waals surface area contributed by atoms with E-state index in [4.69, 9.17) is 18.9 Å². The van der Waals surface area contributed by atoms with Crippen LogP contribution >= 0.6 is 0 Å². The second-order valence-electron chi connectivity index (χ2n) is 24.3. The molecule has 0 radical (unpaired) electrons. The van der Waals surface area contributed by atoms with Gasteiger partial charge in [0.05, 0.1) is 0 Å². The summed E-state index contributed by atoms with van der Waals surface area (Å²) in [5.74, 6) is -7.38. The lowest BCUT2D eigenvalue weighted by Crippen LogP contribution is -2.55. The summed E-state index contributed by atoms with van der Waals surface area (Å²) in [6.07, 6.45) is -1.27. The average molecular weight is 1160 g/mol. The van der Waals surface area contributed by atoms with Crippen molar-refractivity contribution in [3.8, 4) is 0 Å². The van der Waals surface area contributed by atoms with Crippen LogP contribution in [0.1, 0.15) is 140 Å². The first kappa shape index (κ1) is 67.3. The largest absolute Gasteiger partial charge is 0.451 e. The summed E-state index contributed by atoms with van der Waals surface area (Å²) in [5, 5.41) is 0. The zero-order chi connectivity index (χ0) is 62.3. The van der Waals surface area contributed by atoms with E-state index in [0.29, 0.717) is 24.0 Å². The molecule has 1 aliphatic rings. The number of hydrogen-bond acceptors (Lipinski definition) is 14. The fraction of sp³-hybridized carbons (Fsp3) is 0.545. The van der Waals surface area contributed by atoms with E-state index in [2.05, 4.69) is 9.97 Å². The van der Waals surface area contributed by atoms with E-state index in [0.717, 1.165) is 43.4 Å². The average Bonchev–Trinajstić information content (AvgIpc) is 3.66. The van der Waals surface area contributed by atoms with Crippen molar-refractivity contribution in [2.24, 2.45) is 23.7 Å². The molecule has 456 valence electrons. The zero-order valence-electron chi connectivity index (χ0n) is 52.3. The van der Waals surface area contributed by atoms with Gasteiger partial charge in [0, 0.05) is 64.8 Å². The molecule has 0 bridgehead atoms. The summed E-state index contributed by atoms with van der Waals surface area (Å²) in [7, 11) is 5.60. The Morgan fingerprint density at radius 3 is 0.929 bits per heavy atom. The van der Waals surface area contributed by atoms with Crippen LogP contribution in [0.5, 0.6) is 0 Å². The molecule has 1 fully saturated rings. The van der Waals surface area contributed by atoms with Gasteiger partial charge in [-0.3, -0.25) is 29.1 Å². The number of hydrogen-bond donors (Lipinski definition) is 0. The number of cyclic esters (lactones) is 4. The van der Waals surface area contributed by atoms with Gasteiger partial charge in [0.25, 0.3) is 23.6 Å². The van der Waals surface area contributed by atoms with E-state index in [1.807, 2.05) is 142 Å². The van der Waals surface area contributed by atoms with Gasteiger partial charge in [-0.1, -0.05) is 116 Å². The van der Waals surface area contributed by atoms with Gasteiger partial charge in [-0.2, -0.15) is 0 Å². The topological polar surface area (TPSA) is 212 Å². The minimum Gasteiger partial charge on any atom is -0.451 e. The van der Waals surface area contributed by atoms with E-state index >= 15 is 9.59 Å². The Balaban J connectivity index is 1.59. The lowest BCUT2D eigenvalue weighted by atomic mass is 9.98. The van der Waals surface area contributed by atoms with Gasteiger partial charge in [0.15, 0.2) is 24.4 Å². The highest BCUT2D eigenvalue weighted by Gasteiger charge is 2.43. The first-order valence-electron chi connectivity index (χ1n) is 29.4. The number of rotatable bonds is 16. The van der Waals surface area contributed by atoms with Gasteiger partial charge in [0.1, 0.15) is 24.2 Å². The van der Waals surface area contributed by atoms with Crippen LogP contribution < -0.4 is 0 Å². The Morgan fingerprint density at radius 2 is 0.655 bits per heavy atom. The molecule has 84 heavy (non-hydrogen) atoms. The molecule has 5 rings (SSSR count). The van der Waals surface area contributed by atoms with Crippen LogP contribution in [0.15, 0.2) is 85.2 Å². The van der Waals surface area contributed by atoms with Gasteiger partial charge < -0.3 is 38.5 Å². The van der Waals surface area contributed by atoms with E-state index in [1.165, 1.54) is 51.8 Å². The summed E-state index contributed by atoms with van der Waals surface area (Å²) in [4.78, 5) is 131. The van der Waals surface area contributed by atoms with Crippen LogP contribution in [0.25, 0.3) is 0 Å². The fourth-order valence-corrected chi connectivity index (χ4v) is 10.3. The zero-order valence-corrected chi connectivity index (χ0v) is 52.3.